The second-order valence-corrected chi connectivity index (χ2v) is 6.51. The minimum absolute atomic E-state index is 0.127. The summed E-state index contributed by atoms with van der Waals surface area (Å²) in [5.41, 5.74) is 1.15. The van der Waals surface area contributed by atoms with Gasteiger partial charge in [0.1, 0.15) is 5.75 Å². The molecule has 1 atom stereocenters. The molecule has 0 spiro atoms. The number of fused-ring (bicyclic) bond motifs is 1. The van der Waals surface area contributed by atoms with Crippen LogP contribution in [0.3, 0.4) is 0 Å². The summed E-state index contributed by atoms with van der Waals surface area (Å²) in [5, 5.41) is 7.84. The van der Waals surface area contributed by atoms with Crippen LogP contribution in [-0.4, -0.2) is 57.1 Å². The predicted molar refractivity (Wildman–Crippen MR) is 99.4 cm³/mol. The van der Waals surface area contributed by atoms with E-state index in [1.54, 1.807) is 30.1 Å². The van der Waals surface area contributed by atoms with Gasteiger partial charge in [-0.15, -0.1) is 5.10 Å². The van der Waals surface area contributed by atoms with Gasteiger partial charge in [0.15, 0.2) is 5.82 Å². The van der Waals surface area contributed by atoms with Crippen LogP contribution in [0.15, 0.2) is 42.7 Å². The fourth-order valence-electron chi connectivity index (χ4n) is 3.29. The maximum absolute atomic E-state index is 12.7. The molecule has 3 heterocycles. The lowest BCUT2D eigenvalue weighted by Crippen LogP contribution is -2.48. The highest BCUT2D eigenvalue weighted by Gasteiger charge is 2.24. The normalized spacial score (nSPS) is 17.2. The number of methoxy groups -OCH3 is 1. The van der Waals surface area contributed by atoms with E-state index in [1.807, 2.05) is 29.2 Å². The van der Waals surface area contributed by atoms with Gasteiger partial charge in [-0.25, -0.2) is 9.50 Å². The van der Waals surface area contributed by atoms with Crippen molar-refractivity contribution >= 4 is 11.7 Å². The number of aromatic nitrogens is 4. The van der Waals surface area contributed by atoms with E-state index in [0.717, 1.165) is 17.9 Å². The number of ether oxygens (including phenoxy) is 1. The van der Waals surface area contributed by atoms with E-state index < -0.39 is 0 Å². The summed E-state index contributed by atoms with van der Waals surface area (Å²) in [4.78, 5) is 23.1. The maximum atomic E-state index is 12.7. The summed E-state index contributed by atoms with van der Waals surface area (Å²) in [6.07, 6.45) is 4.39. The number of hydrogen-bond donors (Lipinski definition) is 1. The number of rotatable bonds is 5. The van der Waals surface area contributed by atoms with Gasteiger partial charge in [0, 0.05) is 50.9 Å². The van der Waals surface area contributed by atoms with Gasteiger partial charge in [0.2, 0.25) is 5.91 Å². The first-order valence-electron chi connectivity index (χ1n) is 9.04. The zero-order valence-electron chi connectivity index (χ0n) is 15.2. The maximum Gasteiger partial charge on any atom is 0.252 e. The lowest BCUT2D eigenvalue weighted by Gasteiger charge is -2.34. The highest BCUT2D eigenvalue weighted by molar-refractivity contribution is 5.76. The molecule has 0 bridgehead atoms. The number of hydrogen-bond acceptors (Lipinski definition) is 6. The molecule has 8 heteroatoms. The molecule has 1 aromatic carbocycles. The van der Waals surface area contributed by atoms with Crippen LogP contribution in [0.25, 0.3) is 5.78 Å². The van der Waals surface area contributed by atoms with Crippen LogP contribution < -0.4 is 10.1 Å². The number of benzene rings is 1. The zero-order valence-corrected chi connectivity index (χ0v) is 15.2. The Hall–Kier alpha value is -3.00. The van der Waals surface area contributed by atoms with Crippen molar-refractivity contribution in [3.63, 3.8) is 0 Å². The van der Waals surface area contributed by atoms with Crippen LogP contribution in [0.5, 0.6) is 5.75 Å². The van der Waals surface area contributed by atoms with Crippen LogP contribution in [-0.2, 0) is 11.2 Å². The summed E-state index contributed by atoms with van der Waals surface area (Å²) < 4.78 is 6.84. The van der Waals surface area contributed by atoms with Crippen molar-refractivity contribution in [2.24, 2.45) is 0 Å². The Labute approximate surface area is 157 Å². The smallest absolute Gasteiger partial charge is 0.252 e. The van der Waals surface area contributed by atoms with E-state index in [9.17, 15) is 4.79 Å². The molecule has 1 unspecified atom stereocenters. The Morgan fingerprint density at radius 3 is 2.96 bits per heavy atom. The average molecular weight is 366 g/mol. The summed E-state index contributed by atoms with van der Waals surface area (Å²) in [6, 6.07) is 9.90. The minimum Gasteiger partial charge on any atom is -0.497 e. The fraction of sp³-hybridized carbons (Fsp3) is 0.368. The first-order valence-corrected chi connectivity index (χ1v) is 9.04. The molecule has 1 amide bonds. The molecule has 0 aliphatic carbocycles. The largest absolute Gasteiger partial charge is 0.497 e. The third kappa shape index (κ3) is 3.90. The lowest BCUT2D eigenvalue weighted by atomic mass is 10.0. The van der Waals surface area contributed by atoms with Crippen LogP contribution in [0, 0.1) is 0 Å². The summed E-state index contributed by atoms with van der Waals surface area (Å²) in [6.45, 7) is 2.15. The quantitative estimate of drug-likeness (QED) is 0.731. The van der Waals surface area contributed by atoms with E-state index in [2.05, 4.69) is 20.4 Å². The fourth-order valence-corrected chi connectivity index (χ4v) is 3.29. The number of aryl methyl sites for hydroxylation is 1. The Morgan fingerprint density at radius 1 is 1.33 bits per heavy atom. The SMILES string of the molecule is COc1ccc(C2CN(C(=O)CCc3nc4ncccn4n3)CCN2)cc1. The Bertz CT molecular complexity index is 890. The van der Waals surface area contributed by atoms with E-state index in [1.165, 1.54) is 0 Å². The van der Waals surface area contributed by atoms with Crippen LogP contribution >= 0.6 is 0 Å². The number of carbonyl (C=O) groups is 1. The molecule has 0 saturated carbocycles. The van der Waals surface area contributed by atoms with Crippen LogP contribution in [0.4, 0.5) is 0 Å². The highest BCUT2D eigenvalue weighted by atomic mass is 16.5. The van der Waals surface area contributed by atoms with Crippen molar-refractivity contribution in [1.29, 1.82) is 0 Å². The molecule has 140 valence electrons. The molecule has 2 aromatic heterocycles. The first-order chi connectivity index (χ1) is 13.2. The van der Waals surface area contributed by atoms with Crippen molar-refractivity contribution in [3.8, 4) is 5.75 Å². The van der Waals surface area contributed by atoms with Gasteiger partial charge < -0.3 is 15.0 Å². The molecule has 1 N–H and O–H groups in total. The van der Waals surface area contributed by atoms with Gasteiger partial charge in [-0.3, -0.25) is 4.79 Å². The Kier molecular flexibility index (Phi) is 4.97. The molecular formula is C19H22N6O2. The van der Waals surface area contributed by atoms with Gasteiger partial charge in [0.25, 0.3) is 5.78 Å². The molecule has 1 aliphatic rings. The van der Waals surface area contributed by atoms with E-state index >= 15 is 0 Å². The molecule has 1 aliphatic heterocycles. The number of carbonyl (C=O) groups excluding carboxylic acids is 1. The van der Waals surface area contributed by atoms with Crippen molar-refractivity contribution in [3.05, 3.63) is 54.1 Å². The van der Waals surface area contributed by atoms with Gasteiger partial charge in [-0.05, 0) is 23.8 Å². The summed E-state index contributed by atoms with van der Waals surface area (Å²) in [5.74, 6) is 2.16. The lowest BCUT2D eigenvalue weighted by molar-refractivity contribution is -0.132. The molecule has 8 nitrogen and oxygen atoms in total. The molecule has 4 rings (SSSR count). The van der Waals surface area contributed by atoms with Crippen molar-refractivity contribution in [1.82, 2.24) is 29.8 Å². The summed E-state index contributed by atoms with van der Waals surface area (Å²) in [7, 11) is 1.66. The second kappa shape index (κ2) is 7.71. The molecule has 1 saturated heterocycles. The zero-order chi connectivity index (χ0) is 18.6. The van der Waals surface area contributed by atoms with E-state index in [4.69, 9.17) is 4.74 Å². The van der Waals surface area contributed by atoms with Gasteiger partial charge in [0.05, 0.1) is 7.11 Å². The average Bonchev–Trinajstić information content (AvgIpc) is 3.15. The predicted octanol–water partition coefficient (Wildman–Crippen LogP) is 1.24. The standard InChI is InChI=1S/C19H22N6O2/c1-27-15-5-3-14(4-6-15)16-13-24(12-10-20-16)18(26)8-7-17-22-19-21-9-2-11-25(19)23-17/h2-6,9,11,16,20H,7-8,10,12-13H2,1H3. The Balaban J connectivity index is 1.36. The van der Waals surface area contributed by atoms with Crippen LogP contribution in [0.2, 0.25) is 0 Å². The van der Waals surface area contributed by atoms with Crippen LogP contribution in [0.1, 0.15) is 23.9 Å². The van der Waals surface area contributed by atoms with Gasteiger partial charge >= 0.3 is 0 Å². The summed E-state index contributed by atoms with van der Waals surface area (Å²) >= 11 is 0. The van der Waals surface area contributed by atoms with Gasteiger partial charge in [-0.1, -0.05) is 12.1 Å². The van der Waals surface area contributed by atoms with Gasteiger partial charge in [-0.2, -0.15) is 4.98 Å². The van der Waals surface area contributed by atoms with Crippen molar-refractivity contribution in [2.75, 3.05) is 26.7 Å². The number of piperazine rings is 1. The van der Waals surface area contributed by atoms with E-state index in [-0.39, 0.29) is 11.9 Å². The highest BCUT2D eigenvalue weighted by Crippen LogP contribution is 2.21. The number of amides is 1. The molecule has 27 heavy (non-hydrogen) atoms. The van der Waals surface area contributed by atoms with Crippen molar-refractivity contribution < 1.29 is 9.53 Å². The third-order valence-corrected chi connectivity index (χ3v) is 4.77. The number of nitrogens with one attached hydrogen (secondary N) is 1. The molecule has 1 fully saturated rings. The Morgan fingerprint density at radius 2 is 2.19 bits per heavy atom. The first kappa shape index (κ1) is 17.4. The monoisotopic (exact) mass is 366 g/mol. The van der Waals surface area contributed by atoms with Crippen molar-refractivity contribution in [2.45, 2.75) is 18.9 Å². The molecular weight excluding hydrogens is 344 g/mol. The number of nitrogens with zero attached hydrogens (tertiary/aromatic N) is 5. The minimum atomic E-state index is 0.127. The second-order valence-electron chi connectivity index (χ2n) is 6.51. The molecule has 0 radical (unpaired) electrons. The topological polar surface area (TPSA) is 84.7 Å². The molecule has 3 aromatic rings. The third-order valence-electron chi connectivity index (χ3n) is 4.77. The van der Waals surface area contributed by atoms with E-state index in [0.29, 0.717) is 37.5 Å².